The van der Waals surface area contributed by atoms with Gasteiger partial charge in [0, 0.05) is 0 Å². The monoisotopic (exact) mass is 324 g/mol. The molecule has 6 heteroatoms. The number of para-hydroxylation sites is 3. The van der Waals surface area contributed by atoms with Crippen molar-refractivity contribution in [3.8, 4) is 5.75 Å². The van der Waals surface area contributed by atoms with Crippen LogP contribution in [0, 0.1) is 0 Å². The number of carbonyl (C=O) groups is 1. The van der Waals surface area contributed by atoms with Gasteiger partial charge in [0.05, 0.1) is 11.6 Å². The highest BCUT2D eigenvalue weighted by atomic mass is 16.5. The summed E-state index contributed by atoms with van der Waals surface area (Å²) in [5.41, 5.74) is 2.16. The second kappa shape index (κ2) is 5.88. The zero-order chi connectivity index (χ0) is 16.5. The van der Waals surface area contributed by atoms with Crippen molar-refractivity contribution in [2.24, 2.45) is 0 Å². The molecule has 122 valence electrons. The number of nitrogens with one attached hydrogen (secondary N) is 1. The molecule has 1 N–H and O–H groups in total. The smallest absolute Gasteiger partial charge is 0.420 e. The normalized spacial score (nSPS) is 16.4. The number of oxazole rings is 1. The molecule has 1 atom stereocenters. The summed E-state index contributed by atoms with van der Waals surface area (Å²) >= 11 is 0. The minimum Gasteiger partial charge on any atom is -0.491 e. The molecule has 0 saturated carbocycles. The molecule has 1 aromatic heterocycles. The van der Waals surface area contributed by atoms with Gasteiger partial charge in [-0.05, 0) is 30.2 Å². The lowest BCUT2D eigenvalue weighted by Crippen LogP contribution is -2.44. The maximum absolute atomic E-state index is 12.3. The first kappa shape index (κ1) is 14.6. The summed E-state index contributed by atoms with van der Waals surface area (Å²) in [6, 6.07) is 14.7. The van der Waals surface area contributed by atoms with Gasteiger partial charge in [-0.2, -0.15) is 0 Å². The van der Waals surface area contributed by atoms with E-state index < -0.39 is 5.76 Å². The lowest BCUT2D eigenvalue weighted by Gasteiger charge is -2.26. The van der Waals surface area contributed by atoms with Gasteiger partial charge in [-0.25, -0.2) is 4.79 Å². The van der Waals surface area contributed by atoms with Crippen LogP contribution in [0.4, 0.5) is 0 Å². The number of carbonyl (C=O) groups excluding carboxylic acids is 1. The Morgan fingerprint density at radius 3 is 2.88 bits per heavy atom. The van der Waals surface area contributed by atoms with E-state index in [9.17, 15) is 9.59 Å². The SMILES string of the molecule is O=C(Cn1c(=O)oc2ccccc21)N[C@@H]1COc2ccccc2C1. The Bertz CT molecular complexity index is 957. The average Bonchev–Trinajstić information content (AvgIpc) is 2.90. The molecule has 2 heterocycles. The van der Waals surface area contributed by atoms with Crippen LogP contribution in [-0.4, -0.2) is 23.1 Å². The number of ether oxygens (including phenoxy) is 1. The molecular weight excluding hydrogens is 308 g/mol. The number of fused-ring (bicyclic) bond motifs is 2. The molecule has 4 rings (SSSR count). The van der Waals surface area contributed by atoms with Crippen LogP contribution in [-0.2, 0) is 17.8 Å². The maximum Gasteiger partial charge on any atom is 0.420 e. The van der Waals surface area contributed by atoms with Crippen LogP contribution in [0.5, 0.6) is 5.75 Å². The van der Waals surface area contributed by atoms with Gasteiger partial charge >= 0.3 is 5.76 Å². The van der Waals surface area contributed by atoms with Crippen LogP contribution in [0.2, 0.25) is 0 Å². The third-order valence-corrected chi connectivity index (χ3v) is 4.12. The number of benzene rings is 2. The molecule has 6 nitrogen and oxygen atoms in total. The molecule has 0 aliphatic carbocycles. The Hall–Kier alpha value is -3.02. The summed E-state index contributed by atoms with van der Waals surface area (Å²) in [5.74, 6) is 0.0910. The summed E-state index contributed by atoms with van der Waals surface area (Å²) in [5, 5.41) is 2.92. The second-order valence-electron chi connectivity index (χ2n) is 5.81. The Balaban J connectivity index is 1.47. The van der Waals surface area contributed by atoms with Crippen molar-refractivity contribution < 1.29 is 13.9 Å². The number of nitrogens with zero attached hydrogens (tertiary/aromatic N) is 1. The second-order valence-corrected chi connectivity index (χ2v) is 5.81. The molecule has 0 fully saturated rings. The summed E-state index contributed by atoms with van der Waals surface area (Å²) in [6.07, 6.45) is 0.711. The molecule has 1 aliphatic rings. The van der Waals surface area contributed by atoms with E-state index >= 15 is 0 Å². The maximum atomic E-state index is 12.3. The van der Waals surface area contributed by atoms with Crippen molar-refractivity contribution in [1.29, 1.82) is 0 Å². The first-order valence-electron chi connectivity index (χ1n) is 7.79. The van der Waals surface area contributed by atoms with Gasteiger partial charge in [-0.1, -0.05) is 30.3 Å². The quantitative estimate of drug-likeness (QED) is 0.796. The molecule has 1 aliphatic heterocycles. The number of aromatic nitrogens is 1. The first-order valence-corrected chi connectivity index (χ1v) is 7.79. The Labute approximate surface area is 137 Å². The van der Waals surface area contributed by atoms with Gasteiger partial charge in [0.1, 0.15) is 18.9 Å². The minimum absolute atomic E-state index is 0.0754. The topological polar surface area (TPSA) is 73.5 Å². The van der Waals surface area contributed by atoms with Crippen molar-refractivity contribution in [2.75, 3.05) is 6.61 Å². The van der Waals surface area contributed by atoms with Gasteiger partial charge in [-0.15, -0.1) is 0 Å². The molecule has 24 heavy (non-hydrogen) atoms. The molecule has 0 unspecified atom stereocenters. The Morgan fingerprint density at radius 2 is 1.96 bits per heavy atom. The fraction of sp³-hybridized carbons (Fsp3) is 0.222. The minimum atomic E-state index is -0.531. The van der Waals surface area contributed by atoms with Crippen LogP contribution < -0.4 is 15.8 Å². The zero-order valence-corrected chi connectivity index (χ0v) is 12.9. The molecule has 0 spiro atoms. The third kappa shape index (κ3) is 2.67. The highest BCUT2D eigenvalue weighted by Crippen LogP contribution is 2.23. The third-order valence-electron chi connectivity index (χ3n) is 4.12. The van der Waals surface area contributed by atoms with Crippen LogP contribution in [0.25, 0.3) is 11.1 Å². The molecule has 3 aromatic rings. The van der Waals surface area contributed by atoms with E-state index in [1.807, 2.05) is 24.3 Å². The summed E-state index contributed by atoms with van der Waals surface area (Å²) in [4.78, 5) is 24.2. The fourth-order valence-corrected chi connectivity index (χ4v) is 3.00. The van der Waals surface area contributed by atoms with Gasteiger partial charge in [-0.3, -0.25) is 9.36 Å². The first-order chi connectivity index (χ1) is 11.7. The lowest BCUT2D eigenvalue weighted by atomic mass is 10.0. The largest absolute Gasteiger partial charge is 0.491 e. The Kier molecular flexibility index (Phi) is 3.57. The van der Waals surface area contributed by atoms with E-state index in [1.165, 1.54) is 4.57 Å². The van der Waals surface area contributed by atoms with Gasteiger partial charge in [0.25, 0.3) is 0 Å². The van der Waals surface area contributed by atoms with Gasteiger partial charge < -0.3 is 14.5 Å². The molecule has 2 aromatic carbocycles. The average molecular weight is 324 g/mol. The van der Waals surface area contributed by atoms with Gasteiger partial charge in [0.15, 0.2) is 5.58 Å². The summed E-state index contributed by atoms with van der Waals surface area (Å²) in [6.45, 7) is 0.345. The van der Waals surface area contributed by atoms with Crippen molar-refractivity contribution in [3.05, 3.63) is 64.6 Å². The molecule has 1 amide bonds. The van der Waals surface area contributed by atoms with Crippen molar-refractivity contribution in [1.82, 2.24) is 9.88 Å². The molecular formula is C18H16N2O4. The van der Waals surface area contributed by atoms with E-state index in [-0.39, 0.29) is 18.5 Å². The predicted octanol–water partition coefficient (Wildman–Crippen LogP) is 1.71. The lowest BCUT2D eigenvalue weighted by molar-refractivity contribution is -0.122. The number of hydrogen-bond acceptors (Lipinski definition) is 4. The van der Waals surface area contributed by atoms with E-state index in [0.717, 1.165) is 11.3 Å². The zero-order valence-electron chi connectivity index (χ0n) is 12.9. The van der Waals surface area contributed by atoms with Crippen molar-refractivity contribution in [3.63, 3.8) is 0 Å². The van der Waals surface area contributed by atoms with Crippen molar-refractivity contribution in [2.45, 2.75) is 19.0 Å². The Morgan fingerprint density at radius 1 is 1.17 bits per heavy atom. The highest BCUT2D eigenvalue weighted by Gasteiger charge is 2.22. The van der Waals surface area contributed by atoms with E-state index in [4.69, 9.17) is 9.15 Å². The standard InChI is InChI=1S/C18H16N2O4/c21-17(10-20-14-6-2-4-8-16(14)24-18(20)22)19-13-9-12-5-1-3-7-15(12)23-11-13/h1-8,13H,9-11H2,(H,19,21)/t13-/m0/s1. The van der Waals surface area contributed by atoms with Crippen LogP contribution in [0.1, 0.15) is 5.56 Å². The number of hydrogen-bond donors (Lipinski definition) is 1. The molecule has 0 radical (unpaired) electrons. The summed E-state index contributed by atoms with van der Waals surface area (Å²) in [7, 11) is 0. The number of rotatable bonds is 3. The van der Waals surface area contributed by atoms with E-state index in [0.29, 0.717) is 24.1 Å². The number of amides is 1. The predicted molar refractivity (Wildman–Crippen MR) is 88.0 cm³/mol. The van der Waals surface area contributed by atoms with Gasteiger partial charge in [0.2, 0.25) is 5.91 Å². The highest BCUT2D eigenvalue weighted by molar-refractivity contribution is 5.79. The van der Waals surface area contributed by atoms with E-state index in [1.54, 1.807) is 24.3 Å². The van der Waals surface area contributed by atoms with Crippen LogP contribution in [0.3, 0.4) is 0 Å². The fourth-order valence-electron chi connectivity index (χ4n) is 3.00. The van der Waals surface area contributed by atoms with E-state index in [2.05, 4.69) is 5.32 Å². The van der Waals surface area contributed by atoms with Crippen molar-refractivity contribution >= 4 is 17.0 Å². The van der Waals surface area contributed by atoms with Crippen LogP contribution in [0.15, 0.2) is 57.7 Å². The summed E-state index contributed by atoms with van der Waals surface area (Å²) < 4.78 is 12.1. The molecule has 0 saturated heterocycles. The van der Waals surface area contributed by atoms with Crippen LogP contribution >= 0.6 is 0 Å². The molecule has 0 bridgehead atoms.